The van der Waals surface area contributed by atoms with Crippen molar-refractivity contribution >= 4 is 0 Å². The number of rotatable bonds is 7. The van der Waals surface area contributed by atoms with Gasteiger partial charge in [-0.05, 0) is 45.9 Å². The van der Waals surface area contributed by atoms with E-state index in [0.29, 0.717) is 12.1 Å². The minimum atomic E-state index is 0.280. The van der Waals surface area contributed by atoms with Crippen molar-refractivity contribution in [3.8, 4) is 0 Å². The first-order chi connectivity index (χ1) is 8.71. The third-order valence-corrected chi connectivity index (χ3v) is 3.92. The number of nitrogens with one attached hydrogen (secondary N) is 1. The van der Waals surface area contributed by atoms with Gasteiger partial charge in [0.15, 0.2) is 0 Å². The molecule has 2 atom stereocenters. The lowest BCUT2D eigenvalue weighted by atomic mass is 10.1. The van der Waals surface area contributed by atoms with Gasteiger partial charge in [0.1, 0.15) is 0 Å². The summed E-state index contributed by atoms with van der Waals surface area (Å²) in [6, 6.07) is 1.09. The van der Waals surface area contributed by atoms with Gasteiger partial charge in [0.2, 0.25) is 0 Å². The molecule has 4 heteroatoms. The molecule has 1 heterocycles. The molecule has 1 rings (SSSR count). The molecule has 4 nitrogen and oxygen atoms in total. The van der Waals surface area contributed by atoms with E-state index in [0.717, 1.165) is 19.5 Å². The quantitative estimate of drug-likeness (QED) is 0.706. The van der Waals surface area contributed by atoms with Crippen LogP contribution < -0.4 is 5.32 Å². The molecule has 0 radical (unpaired) electrons. The van der Waals surface area contributed by atoms with Crippen molar-refractivity contribution in [1.29, 1.82) is 0 Å². The van der Waals surface area contributed by atoms with E-state index in [4.69, 9.17) is 5.11 Å². The van der Waals surface area contributed by atoms with Gasteiger partial charge in [-0.3, -0.25) is 4.90 Å². The predicted octanol–water partition coefficient (Wildman–Crippen LogP) is 0.763. The minimum Gasteiger partial charge on any atom is -0.396 e. The van der Waals surface area contributed by atoms with Crippen LogP contribution >= 0.6 is 0 Å². The van der Waals surface area contributed by atoms with Crippen molar-refractivity contribution in [1.82, 2.24) is 15.1 Å². The summed E-state index contributed by atoms with van der Waals surface area (Å²) in [5, 5.41) is 12.6. The van der Waals surface area contributed by atoms with Crippen molar-refractivity contribution < 1.29 is 5.11 Å². The molecule has 1 saturated heterocycles. The van der Waals surface area contributed by atoms with Crippen LogP contribution in [0.2, 0.25) is 0 Å². The molecular weight excluding hydrogens is 226 g/mol. The number of likely N-dealkylation sites (N-methyl/N-ethyl adjacent to an activating group) is 2. The Morgan fingerprint density at radius 1 is 1.33 bits per heavy atom. The van der Waals surface area contributed by atoms with Crippen LogP contribution in [0.3, 0.4) is 0 Å². The Balaban J connectivity index is 2.54. The van der Waals surface area contributed by atoms with Gasteiger partial charge in [-0.15, -0.1) is 0 Å². The highest BCUT2D eigenvalue weighted by molar-refractivity contribution is 4.81. The summed E-state index contributed by atoms with van der Waals surface area (Å²) in [5.41, 5.74) is 0. The molecule has 1 aliphatic heterocycles. The highest BCUT2D eigenvalue weighted by atomic mass is 16.3. The smallest absolute Gasteiger partial charge is 0.0446 e. The van der Waals surface area contributed by atoms with Gasteiger partial charge in [0.25, 0.3) is 0 Å². The first kappa shape index (κ1) is 15.9. The summed E-state index contributed by atoms with van der Waals surface area (Å²) in [6.07, 6.45) is 3.32. The van der Waals surface area contributed by atoms with Crippen molar-refractivity contribution in [2.75, 3.05) is 46.4 Å². The van der Waals surface area contributed by atoms with Crippen molar-refractivity contribution in [2.24, 2.45) is 0 Å². The van der Waals surface area contributed by atoms with Crippen LogP contribution in [0.5, 0.6) is 0 Å². The third-order valence-electron chi connectivity index (χ3n) is 3.92. The first-order valence-corrected chi connectivity index (χ1v) is 7.48. The Hall–Kier alpha value is -0.160. The van der Waals surface area contributed by atoms with E-state index >= 15 is 0 Å². The van der Waals surface area contributed by atoms with Crippen molar-refractivity contribution in [2.45, 2.75) is 45.2 Å². The molecule has 0 aromatic rings. The van der Waals surface area contributed by atoms with Gasteiger partial charge in [-0.25, -0.2) is 0 Å². The second-order valence-corrected chi connectivity index (χ2v) is 5.44. The van der Waals surface area contributed by atoms with Gasteiger partial charge >= 0.3 is 0 Å². The standard InChI is InChI=1S/C14H31N3O/c1-4-14-12-16(3)8-6-9-17(14)11-13(7-10-18)15-5-2/h13-15,18H,4-12H2,1-3H3. The zero-order valence-electron chi connectivity index (χ0n) is 12.4. The summed E-state index contributed by atoms with van der Waals surface area (Å²) < 4.78 is 0. The topological polar surface area (TPSA) is 38.7 Å². The van der Waals surface area contributed by atoms with Crippen LogP contribution in [0.25, 0.3) is 0 Å². The van der Waals surface area contributed by atoms with Crippen molar-refractivity contribution in [3.63, 3.8) is 0 Å². The van der Waals surface area contributed by atoms with Crippen LogP contribution in [0.1, 0.15) is 33.1 Å². The molecule has 2 unspecified atom stereocenters. The summed E-state index contributed by atoms with van der Waals surface area (Å²) in [4.78, 5) is 5.06. The van der Waals surface area contributed by atoms with E-state index in [1.165, 1.54) is 32.5 Å². The third kappa shape index (κ3) is 5.22. The van der Waals surface area contributed by atoms with E-state index in [1.54, 1.807) is 0 Å². The highest BCUT2D eigenvalue weighted by Gasteiger charge is 2.23. The van der Waals surface area contributed by atoms with Crippen LogP contribution in [-0.4, -0.2) is 73.4 Å². The van der Waals surface area contributed by atoms with E-state index < -0.39 is 0 Å². The lowest BCUT2D eigenvalue weighted by Gasteiger charge is -2.33. The highest BCUT2D eigenvalue weighted by Crippen LogP contribution is 2.13. The maximum absolute atomic E-state index is 9.15. The Morgan fingerprint density at radius 2 is 2.11 bits per heavy atom. The van der Waals surface area contributed by atoms with E-state index in [1.807, 2.05) is 0 Å². The SMILES string of the molecule is CCNC(CCO)CN1CCCN(C)CC1CC. The molecule has 0 saturated carbocycles. The van der Waals surface area contributed by atoms with Crippen LogP contribution in [-0.2, 0) is 0 Å². The minimum absolute atomic E-state index is 0.280. The largest absolute Gasteiger partial charge is 0.396 e. The Morgan fingerprint density at radius 3 is 2.72 bits per heavy atom. The number of hydrogen-bond acceptors (Lipinski definition) is 4. The maximum atomic E-state index is 9.15. The molecule has 1 fully saturated rings. The Kier molecular flexibility index (Phi) is 7.82. The Labute approximate surface area is 112 Å². The molecule has 0 bridgehead atoms. The number of nitrogens with zero attached hydrogens (tertiary/aromatic N) is 2. The van der Waals surface area contributed by atoms with E-state index in [-0.39, 0.29) is 6.61 Å². The van der Waals surface area contributed by atoms with Gasteiger partial charge in [0, 0.05) is 31.8 Å². The van der Waals surface area contributed by atoms with E-state index in [2.05, 4.69) is 36.0 Å². The zero-order chi connectivity index (χ0) is 13.4. The molecule has 18 heavy (non-hydrogen) atoms. The summed E-state index contributed by atoms with van der Waals surface area (Å²) >= 11 is 0. The first-order valence-electron chi connectivity index (χ1n) is 7.48. The van der Waals surface area contributed by atoms with Crippen LogP contribution in [0.15, 0.2) is 0 Å². The monoisotopic (exact) mass is 257 g/mol. The fourth-order valence-corrected chi connectivity index (χ4v) is 2.91. The van der Waals surface area contributed by atoms with Crippen molar-refractivity contribution in [3.05, 3.63) is 0 Å². The number of hydrogen-bond donors (Lipinski definition) is 2. The average Bonchev–Trinajstić information content (AvgIpc) is 2.52. The number of aliphatic hydroxyl groups excluding tert-OH is 1. The molecule has 1 aliphatic rings. The lowest BCUT2D eigenvalue weighted by molar-refractivity contribution is 0.155. The molecule has 2 N–H and O–H groups in total. The van der Waals surface area contributed by atoms with Gasteiger partial charge in [-0.1, -0.05) is 13.8 Å². The van der Waals surface area contributed by atoms with Gasteiger partial charge in [0.05, 0.1) is 0 Å². The van der Waals surface area contributed by atoms with Gasteiger partial charge in [-0.2, -0.15) is 0 Å². The molecule has 0 aromatic heterocycles. The molecule has 0 aliphatic carbocycles. The Bertz CT molecular complexity index is 207. The lowest BCUT2D eigenvalue weighted by Crippen LogP contribution is -2.47. The van der Waals surface area contributed by atoms with Crippen LogP contribution in [0.4, 0.5) is 0 Å². The summed E-state index contributed by atoms with van der Waals surface area (Å²) in [7, 11) is 2.22. The number of aliphatic hydroxyl groups is 1. The molecule has 0 aromatic carbocycles. The zero-order valence-corrected chi connectivity index (χ0v) is 12.4. The maximum Gasteiger partial charge on any atom is 0.0446 e. The second kappa shape index (κ2) is 8.86. The summed E-state index contributed by atoms with van der Waals surface area (Å²) in [5.74, 6) is 0. The molecule has 108 valence electrons. The molecular formula is C14H31N3O. The fourth-order valence-electron chi connectivity index (χ4n) is 2.91. The predicted molar refractivity (Wildman–Crippen MR) is 76.9 cm³/mol. The second-order valence-electron chi connectivity index (χ2n) is 5.44. The normalized spacial score (nSPS) is 25.0. The molecule has 0 amide bonds. The summed E-state index contributed by atoms with van der Waals surface area (Å²) in [6.45, 7) is 10.3. The molecule has 0 spiro atoms. The van der Waals surface area contributed by atoms with Crippen LogP contribution in [0, 0.1) is 0 Å². The van der Waals surface area contributed by atoms with Gasteiger partial charge < -0.3 is 15.3 Å². The van der Waals surface area contributed by atoms with E-state index in [9.17, 15) is 0 Å². The fraction of sp³-hybridized carbons (Fsp3) is 1.00. The average molecular weight is 257 g/mol.